The van der Waals surface area contributed by atoms with E-state index in [2.05, 4.69) is 15.6 Å². The summed E-state index contributed by atoms with van der Waals surface area (Å²) in [5.74, 6) is -1.29. The lowest BCUT2D eigenvalue weighted by Crippen LogP contribution is -2.15. The zero-order valence-corrected chi connectivity index (χ0v) is 10.9. The summed E-state index contributed by atoms with van der Waals surface area (Å²) in [7, 11) is 0. The van der Waals surface area contributed by atoms with Gasteiger partial charge in [-0.2, -0.15) is 0 Å². The molecule has 0 aliphatic heterocycles. The van der Waals surface area contributed by atoms with Crippen molar-refractivity contribution in [1.82, 2.24) is 15.0 Å². The average molecular weight is 274 g/mol. The molecule has 104 valence electrons. The Hall–Kier alpha value is -2.70. The van der Waals surface area contributed by atoms with Crippen LogP contribution in [0.15, 0.2) is 30.3 Å². The number of amides is 1. The topological polar surface area (TPSA) is 97.1 Å². The summed E-state index contributed by atoms with van der Waals surface area (Å²) in [6.45, 7) is 1.89. The zero-order chi connectivity index (χ0) is 14.5. The first-order chi connectivity index (χ1) is 9.58. The first-order valence-corrected chi connectivity index (χ1v) is 6.06. The van der Waals surface area contributed by atoms with Crippen molar-refractivity contribution >= 4 is 17.6 Å². The van der Waals surface area contributed by atoms with Crippen LogP contribution < -0.4 is 5.32 Å². The Balaban J connectivity index is 1.92. The highest BCUT2D eigenvalue weighted by molar-refractivity contribution is 5.90. The number of para-hydroxylation sites is 1. The predicted molar refractivity (Wildman–Crippen MR) is 71.4 cm³/mol. The van der Waals surface area contributed by atoms with E-state index in [9.17, 15) is 9.59 Å². The van der Waals surface area contributed by atoms with E-state index < -0.39 is 5.97 Å². The Morgan fingerprint density at radius 1 is 1.30 bits per heavy atom. The van der Waals surface area contributed by atoms with Crippen LogP contribution in [-0.4, -0.2) is 32.0 Å². The van der Waals surface area contributed by atoms with Crippen LogP contribution in [0.4, 0.5) is 5.69 Å². The van der Waals surface area contributed by atoms with Gasteiger partial charge in [-0.05, 0) is 19.1 Å². The summed E-state index contributed by atoms with van der Waals surface area (Å²) in [6, 6.07) is 9.11. The lowest BCUT2D eigenvalue weighted by atomic mass is 10.3. The molecule has 0 unspecified atom stereocenters. The monoisotopic (exact) mass is 274 g/mol. The second-order valence-corrected chi connectivity index (χ2v) is 4.22. The molecule has 0 saturated heterocycles. The van der Waals surface area contributed by atoms with Crippen molar-refractivity contribution in [2.24, 2.45) is 0 Å². The highest BCUT2D eigenvalue weighted by atomic mass is 16.4. The fourth-order valence-electron chi connectivity index (χ4n) is 1.72. The van der Waals surface area contributed by atoms with E-state index in [0.717, 1.165) is 5.69 Å². The lowest BCUT2D eigenvalue weighted by Gasteiger charge is -2.05. The van der Waals surface area contributed by atoms with Gasteiger partial charge < -0.3 is 10.4 Å². The molecule has 0 spiro atoms. The fraction of sp³-hybridized carbons (Fsp3) is 0.231. The van der Waals surface area contributed by atoms with Gasteiger partial charge in [0, 0.05) is 12.1 Å². The van der Waals surface area contributed by atoms with Gasteiger partial charge in [0.25, 0.3) is 0 Å². The smallest absolute Gasteiger partial charge is 0.358 e. The summed E-state index contributed by atoms with van der Waals surface area (Å²) in [5.41, 5.74) is 1.07. The molecular formula is C13H14N4O3. The summed E-state index contributed by atoms with van der Waals surface area (Å²) in [4.78, 5) is 22.6. The van der Waals surface area contributed by atoms with Crippen LogP contribution in [0, 0.1) is 6.92 Å². The highest BCUT2D eigenvalue weighted by Gasteiger charge is 2.15. The third-order valence-corrected chi connectivity index (χ3v) is 2.79. The van der Waals surface area contributed by atoms with Crippen molar-refractivity contribution in [3.8, 4) is 0 Å². The highest BCUT2D eigenvalue weighted by Crippen LogP contribution is 2.07. The number of hydrogen-bond donors (Lipinski definition) is 2. The number of aromatic carboxylic acids is 1. The number of carbonyl (C=O) groups is 2. The molecule has 7 heteroatoms. The number of anilines is 1. The number of carboxylic acids is 1. The van der Waals surface area contributed by atoms with E-state index in [-0.39, 0.29) is 24.6 Å². The van der Waals surface area contributed by atoms with E-state index in [1.165, 1.54) is 4.68 Å². The molecule has 0 radical (unpaired) electrons. The number of hydrogen-bond acceptors (Lipinski definition) is 4. The van der Waals surface area contributed by atoms with E-state index in [1.807, 2.05) is 18.2 Å². The Labute approximate surface area is 115 Å². The van der Waals surface area contributed by atoms with Crippen molar-refractivity contribution in [2.75, 3.05) is 5.32 Å². The van der Waals surface area contributed by atoms with Gasteiger partial charge in [0.15, 0.2) is 5.69 Å². The molecule has 1 heterocycles. The molecule has 2 N–H and O–H groups in total. The number of carboxylic acid groups (broad SMARTS) is 1. The number of aryl methyl sites for hydroxylation is 1. The van der Waals surface area contributed by atoms with Crippen molar-refractivity contribution in [1.29, 1.82) is 0 Å². The first-order valence-electron chi connectivity index (χ1n) is 6.06. The molecule has 7 nitrogen and oxygen atoms in total. The van der Waals surface area contributed by atoms with Crippen LogP contribution in [0.1, 0.15) is 22.6 Å². The molecule has 2 aromatic rings. The number of nitrogens with zero attached hydrogens (tertiary/aromatic N) is 3. The predicted octanol–water partition coefficient (Wildman–Crippen LogP) is 1.31. The van der Waals surface area contributed by atoms with Gasteiger partial charge in [-0.1, -0.05) is 23.4 Å². The maximum atomic E-state index is 11.7. The van der Waals surface area contributed by atoms with Gasteiger partial charge in [-0.15, -0.1) is 5.10 Å². The molecule has 1 aromatic heterocycles. The molecular weight excluding hydrogens is 260 g/mol. The SMILES string of the molecule is Cc1c(C(=O)O)nnn1CCC(=O)Nc1ccccc1. The normalized spacial score (nSPS) is 10.2. The Morgan fingerprint density at radius 3 is 2.60 bits per heavy atom. The van der Waals surface area contributed by atoms with Gasteiger partial charge in [-0.3, -0.25) is 4.79 Å². The van der Waals surface area contributed by atoms with Gasteiger partial charge >= 0.3 is 5.97 Å². The Morgan fingerprint density at radius 2 is 2.00 bits per heavy atom. The standard InChI is InChI=1S/C13H14N4O3/c1-9-12(13(19)20)15-16-17(9)8-7-11(18)14-10-5-3-2-4-6-10/h2-6H,7-8H2,1H3,(H,14,18)(H,19,20). The minimum absolute atomic E-state index is 0.0894. The minimum atomic E-state index is -1.12. The Kier molecular flexibility index (Phi) is 4.09. The summed E-state index contributed by atoms with van der Waals surface area (Å²) >= 11 is 0. The van der Waals surface area contributed by atoms with Crippen molar-refractivity contribution in [3.05, 3.63) is 41.7 Å². The molecule has 0 bridgehead atoms. The van der Waals surface area contributed by atoms with Crippen LogP contribution in [0.2, 0.25) is 0 Å². The zero-order valence-electron chi connectivity index (χ0n) is 10.9. The summed E-state index contributed by atoms with van der Waals surface area (Å²) in [5, 5.41) is 18.9. The van der Waals surface area contributed by atoms with E-state index in [4.69, 9.17) is 5.11 Å². The quantitative estimate of drug-likeness (QED) is 0.856. The molecule has 0 aliphatic rings. The molecule has 0 fully saturated rings. The molecule has 1 amide bonds. The number of nitrogens with one attached hydrogen (secondary N) is 1. The molecule has 0 atom stereocenters. The largest absolute Gasteiger partial charge is 0.476 e. The second kappa shape index (κ2) is 5.96. The maximum absolute atomic E-state index is 11.7. The molecule has 20 heavy (non-hydrogen) atoms. The fourth-order valence-corrected chi connectivity index (χ4v) is 1.72. The van der Waals surface area contributed by atoms with Crippen LogP contribution in [0.25, 0.3) is 0 Å². The van der Waals surface area contributed by atoms with E-state index in [0.29, 0.717) is 5.69 Å². The summed E-state index contributed by atoms with van der Waals surface area (Å²) in [6.07, 6.45) is 0.193. The maximum Gasteiger partial charge on any atom is 0.358 e. The minimum Gasteiger partial charge on any atom is -0.476 e. The van der Waals surface area contributed by atoms with Gasteiger partial charge in [0.2, 0.25) is 5.91 Å². The van der Waals surface area contributed by atoms with Gasteiger partial charge in [0.1, 0.15) is 0 Å². The molecule has 0 saturated carbocycles. The second-order valence-electron chi connectivity index (χ2n) is 4.22. The average Bonchev–Trinajstić information content (AvgIpc) is 2.79. The van der Waals surface area contributed by atoms with Crippen molar-refractivity contribution < 1.29 is 14.7 Å². The third-order valence-electron chi connectivity index (χ3n) is 2.79. The van der Waals surface area contributed by atoms with Gasteiger partial charge in [-0.25, -0.2) is 9.48 Å². The van der Waals surface area contributed by atoms with Crippen LogP contribution in [0.3, 0.4) is 0 Å². The number of rotatable bonds is 5. The molecule has 2 rings (SSSR count). The van der Waals surface area contributed by atoms with Crippen molar-refractivity contribution in [3.63, 3.8) is 0 Å². The van der Waals surface area contributed by atoms with Crippen molar-refractivity contribution in [2.45, 2.75) is 19.9 Å². The third kappa shape index (κ3) is 3.19. The van der Waals surface area contributed by atoms with E-state index in [1.54, 1.807) is 19.1 Å². The van der Waals surface area contributed by atoms with Gasteiger partial charge in [0.05, 0.1) is 12.2 Å². The lowest BCUT2D eigenvalue weighted by molar-refractivity contribution is -0.116. The Bertz CT molecular complexity index is 622. The molecule has 1 aromatic carbocycles. The van der Waals surface area contributed by atoms with Crippen LogP contribution in [0.5, 0.6) is 0 Å². The first kappa shape index (κ1) is 13.7. The number of aromatic nitrogens is 3. The summed E-state index contributed by atoms with van der Waals surface area (Å²) < 4.78 is 1.41. The van der Waals surface area contributed by atoms with E-state index >= 15 is 0 Å². The number of benzene rings is 1. The van der Waals surface area contributed by atoms with Crippen LogP contribution >= 0.6 is 0 Å². The van der Waals surface area contributed by atoms with Crippen LogP contribution in [-0.2, 0) is 11.3 Å². The molecule has 0 aliphatic carbocycles. The number of carbonyl (C=O) groups excluding carboxylic acids is 1.